The van der Waals surface area contributed by atoms with Crippen LogP contribution in [0.5, 0.6) is 0 Å². The minimum Gasteiger partial charge on any atom is -0.467 e. The zero-order valence-corrected chi connectivity index (χ0v) is 13.3. The van der Waals surface area contributed by atoms with E-state index in [1.807, 2.05) is 20.8 Å². The lowest BCUT2D eigenvalue weighted by molar-refractivity contribution is -0.146. The van der Waals surface area contributed by atoms with Crippen molar-refractivity contribution in [2.75, 3.05) is 13.7 Å². The average molecular weight is 288 g/mol. The van der Waals surface area contributed by atoms with E-state index in [0.29, 0.717) is 0 Å². The van der Waals surface area contributed by atoms with Crippen LogP contribution in [0.2, 0.25) is 0 Å². The quantitative estimate of drug-likeness (QED) is 0.692. The highest BCUT2D eigenvalue weighted by Crippen LogP contribution is 2.33. The molecule has 2 atom stereocenters. The maximum absolute atomic E-state index is 12.4. The third-order valence-corrected chi connectivity index (χ3v) is 2.66. The molecule has 1 amide bonds. The number of carbonyl (C=O) groups is 2. The number of nitrogens with zero attached hydrogens (tertiary/aromatic N) is 1. The summed E-state index contributed by atoms with van der Waals surface area (Å²) in [5.74, 6) is -0.847. The Hall–Kier alpha value is -1.30. The Labute approximate surface area is 121 Å². The van der Waals surface area contributed by atoms with Crippen LogP contribution in [0.15, 0.2) is 0 Å². The van der Waals surface area contributed by atoms with E-state index in [9.17, 15) is 9.59 Å². The summed E-state index contributed by atoms with van der Waals surface area (Å²) >= 11 is 0. The van der Waals surface area contributed by atoms with E-state index >= 15 is 0 Å². The molecule has 0 aromatic heterocycles. The van der Waals surface area contributed by atoms with Gasteiger partial charge in [0.1, 0.15) is 11.8 Å². The van der Waals surface area contributed by atoms with Crippen molar-refractivity contribution in [1.82, 2.24) is 4.90 Å². The molecule has 6 heteroatoms. The summed E-state index contributed by atoms with van der Waals surface area (Å²) in [6, 6.07) is -1.94. The van der Waals surface area contributed by atoms with Gasteiger partial charge in [0.25, 0.3) is 0 Å². The number of amides is 1. The van der Waals surface area contributed by atoms with E-state index < -0.39 is 35.3 Å². The van der Waals surface area contributed by atoms with Gasteiger partial charge < -0.3 is 14.2 Å². The van der Waals surface area contributed by atoms with Gasteiger partial charge in [-0.05, 0) is 20.8 Å². The largest absolute Gasteiger partial charge is 0.467 e. The maximum atomic E-state index is 12.4. The minimum atomic E-state index is -1.94. The number of hydrogen-bond donors (Lipinski definition) is 0. The summed E-state index contributed by atoms with van der Waals surface area (Å²) < 4.78 is 23.8. The molecule has 20 heavy (non-hydrogen) atoms. The van der Waals surface area contributed by atoms with Gasteiger partial charge in [-0.25, -0.2) is 9.59 Å². The normalized spacial score (nSPS) is 28.1. The molecule has 1 aliphatic rings. The van der Waals surface area contributed by atoms with Crippen LogP contribution in [0, 0.1) is 5.41 Å². The Balaban J connectivity index is 3.19. The topological polar surface area (TPSA) is 65.1 Å². The number of rotatable bonds is 1. The maximum Gasteiger partial charge on any atom is 0.413 e. The third kappa shape index (κ3) is 3.85. The smallest absolute Gasteiger partial charge is 0.413 e. The molecule has 1 fully saturated rings. The predicted octanol–water partition coefficient (Wildman–Crippen LogP) is 2.17. The fourth-order valence-electron chi connectivity index (χ4n) is 1.87. The van der Waals surface area contributed by atoms with Crippen LogP contribution in [-0.2, 0) is 19.0 Å². The second kappa shape index (κ2) is 5.60. The molecule has 1 saturated heterocycles. The number of carbonyl (C=O) groups excluding carboxylic acids is 2. The fraction of sp³-hybridized carbons (Fsp3) is 0.857. The molecule has 1 rings (SSSR count). The Bertz CT molecular complexity index is 426. The van der Waals surface area contributed by atoms with E-state index in [0.717, 1.165) is 4.90 Å². The molecule has 1 heterocycles. The summed E-state index contributed by atoms with van der Waals surface area (Å²) in [5, 5.41) is 0. The Kier molecular flexibility index (Phi) is 4.22. The molecular formula is C14H25NO5. The van der Waals surface area contributed by atoms with Crippen molar-refractivity contribution >= 4 is 12.1 Å². The summed E-state index contributed by atoms with van der Waals surface area (Å²) in [7, 11) is 1.18. The molecule has 116 valence electrons. The monoisotopic (exact) mass is 288 g/mol. The molecule has 1 aliphatic heterocycles. The molecule has 0 aliphatic carbocycles. The van der Waals surface area contributed by atoms with Crippen molar-refractivity contribution in [1.29, 1.82) is 0 Å². The molecule has 0 aromatic carbocycles. The van der Waals surface area contributed by atoms with Gasteiger partial charge in [-0.3, -0.25) is 4.90 Å². The number of esters is 1. The summed E-state index contributed by atoms with van der Waals surface area (Å²) in [4.78, 5) is 25.4. The van der Waals surface area contributed by atoms with Crippen LogP contribution in [0.25, 0.3) is 0 Å². The standard InChI is InChI=1S/C14H25NO5/c1-13(2,3)11-15(12(17)20-14(4,5)6)9(8-19-11)10(16)18-7/h9,11H,8H2,1-7H3/t9-,11+/m0/s1/i9D. The zero-order valence-electron chi connectivity index (χ0n) is 14.3. The first-order valence-corrected chi connectivity index (χ1v) is 6.55. The molecule has 0 unspecified atom stereocenters. The predicted molar refractivity (Wildman–Crippen MR) is 73.1 cm³/mol. The highest BCUT2D eigenvalue weighted by Gasteiger charge is 2.48. The van der Waals surface area contributed by atoms with Gasteiger partial charge >= 0.3 is 12.1 Å². The average Bonchev–Trinajstić information content (AvgIpc) is 2.64. The second-order valence-corrected chi connectivity index (χ2v) is 6.82. The molecule has 0 bridgehead atoms. The molecule has 0 radical (unpaired) electrons. The van der Waals surface area contributed by atoms with Crippen molar-refractivity contribution in [3.63, 3.8) is 0 Å². The van der Waals surface area contributed by atoms with Gasteiger partial charge in [-0.2, -0.15) is 0 Å². The van der Waals surface area contributed by atoms with Crippen molar-refractivity contribution < 1.29 is 25.2 Å². The summed E-state index contributed by atoms with van der Waals surface area (Å²) in [6.07, 6.45) is -1.51. The van der Waals surface area contributed by atoms with Crippen molar-refractivity contribution in [3.05, 3.63) is 0 Å². The van der Waals surface area contributed by atoms with Crippen molar-refractivity contribution in [2.24, 2.45) is 5.41 Å². The van der Waals surface area contributed by atoms with Crippen LogP contribution < -0.4 is 0 Å². The Morgan fingerprint density at radius 2 is 1.80 bits per heavy atom. The summed E-state index contributed by atoms with van der Waals surface area (Å²) in [5.41, 5.74) is -1.22. The first kappa shape index (κ1) is 15.1. The van der Waals surface area contributed by atoms with E-state index in [-0.39, 0.29) is 6.61 Å². The molecule has 0 aromatic rings. The Morgan fingerprint density at radius 1 is 1.25 bits per heavy atom. The van der Waals surface area contributed by atoms with Crippen LogP contribution in [0.3, 0.4) is 0 Å². The van der Waals surface area contributed by atoms with Gasteiger partial charge in [0.2, 0.25) is 0 Å². The lowest BCUT2D eigenvalue weighted by atomic mass is 9.93. The molecule has 6 nitrogen and oxygen atoms in total. The lowest BCUT2D eigenvalue weighted by Crippen LogP contribution is -2.51. The van der Waals surface area contributed by atoms with Gasteiger partial charge in [0, 0.05) is 5.41 Å². The second-order valence-electron chi connectivity index (χ2n) is 6.82. The van der Waals surface area contributed by atoms with E-state index in [1.165, 1.54) is 7.11 Å². The minimum absolute atomic E-state index is 0.249. The summed E-state index contributed by atoms with van der Waals surface area (Å²) in [6.45, 7) is 10.5. The van der Waals surface area contributed by atoms with Crippen molar-refractivity contribution in [3.8, 4) is 0 Å². The third-order valence-electron chi connectivity index (χ3n) is 2.66. The molecule has 0 spiro atoms. The van der Waals surface area contributed by atoms with Crippen molar-refractivity contribution in [2.45, 2.75) is 59.4 Å². The number of hydrogen-bond acceptors (Lipinski definition) is 5. The zero-order chi connectivity index (χ0) is 16.6. The van der Waals surface area contributed by atoms with Crippen LogP contribution in [-0.4, -0.2) is 48.5 Å². The highest BCUT2D eigenvalue weighted by molar-refractivity contribution is 5.82. The van der Waals surface area contributed by atoms with Crippen LogP contribution in [0.1, 0.15) is 42.9 Å². The van der Waals surface area contributed by atoms with E-state index in [4.69, 9.17) is 10.8 Å². The lowest BCUT2D eigenvalue weighted by Gasteiger charge is -2.35. The first-order valence-electron chi connectivity index (χ1n) is 7.05. The molecular weight excluding hydrogens is 262 g/mol. The van der Waals surface area contributed by atoms with Gasteiger partial charge in [-0.1, -0.05) is 20.8 Å². The van der Waals surface area contributed by atoms with E-state index in [1.54, 1.807) is 20.8 Å². The first-order chi connectivity index (χ1) is 9.33. The van der Waals surface area contributed by atoms with Crippen LogP contribution in [0.4, 0.5) is 4.79 Å². The van der Waals surface area contributed by atoms with Gasteiger partial charge in [0.05, 0.1) is 15.1 Å². The molecule has 0 saturated carbocycles. The molecule has 0 N–H and O–H groups in total. The fourth-order valence-corrected chi connectivity index (χ4v) is 1.87. The van der Waals surface area contributed by atoms with Gasteiger partial charge in [-0.15, -0.1) is 0 Å². The number of ether oxygens (including phenoxy) is 3. The number of methoxy groups -OCH3 is 1. The van der Waals surface area contributed by atoms with Crippen LogP contribution >= 0.6 is 0 Å². The van der Waals surface area contributed by atoms with E-state index in [2.05, 4.69) is 4.74 Å². The van der Waals surface area contributed by atoms with Gasteiger partial charge in [0.15, 0.2) is 6.02 Å². The Morgan fingerprint density at radius 3 is 2.20 bits per heavy atom. The SMILES string of the molecule is [2H][C@@]1(C(=O)OC)CO[C@H](C(C)(C)C)N1C(=O)OC(C)(C)C. The highest BCUT2D eigenvalue weighted by atomic mass is 16.6.